The van der Waals surface area contributed by atoms with E-state index in [2.05, 4.69) is 32.8 Å². The zero-order valence-corrected chi connectivity index (χ0v) is 14.6. The maximum atomic E-state index is 6.18. The number of rotatable bonds is 0. The van der Waals surface area contributed by atoms with E-state index in [0.717, 1.165) is 11.1 Å². The summed E-state index contributed by atoms with van der Waals surface area (Å²) in [5, 5.41) is 0.356. The van der Waals surface area contributed by atoms with Crippen LogP contribution in [0.25, 0.3) is 0 Å². The summed E-state index contributed by atoms with van der Waals surface area (Å²) in [5.41, 5.74) is 6.83. The average molecular weight is 395 g/mol. The Hall–Kier alpha value is -1.79. The molecule has 1 aromatic carbocycles. The number of pyridine rings is 1. The Balaban J connectivity index is 2.08. The second-order valence-corrected chi connectivity index (χ2v) is 6.77. The fourth-order valence-electron chi connectivity index (χ4n) is 3.26. The van der Waals surface area contributed by atoms with E-state index in [1.807, 2.05) is 24.3 Å². The molecule has 1 aromatic heterocycles. The number of benzene rings is 1. The van der Waals surface area contributed by atoms with Gasteiger partial charge < -0.3 is 15.2 Å². The Morgan fingerprint density at radius 2 is 2.13 bits per heavy atom. The van der Waals surface area contributed by atoms with E-state index < -0.39 is 5.60 Å². The summed E-state index contributed by atoms with van der Waals surface area (Å²) in [5.74, 6) is 1.35. The average Bonchev–Trinajstić information content (AvgIpc) is 2.52. The zero-order chi connectivity index (χ0) is 16.2. The number of aliphatic imine (C=N–C) groups is 1. The molecule has 2 aromatic rings. The predicted octanol–water partition coefficient (Wildman–Crippen LogP) is 3.83. The van der Waals surface area contributed by atoms with Crippen LogP contribution in [0.1, 0.15) is 18.1 Å². The zero-order valence-electron chi connectivity index (χ0n) is 12.2. The van der Waals surface area contributed by atoms with Gasteiger partial charge in [-0.2, -0.15) is 0 Å². The molecule has 0 fully saturated rings. The topological polar surface area (TPSA) is 69.7 Å². The van der Waals surface area contributed by atoms with Crippen LogP contribution in [0.3, 0.4) is 0 Å². The van der Waals surface area contributed by atoms with Crippen molar-refractivity contribution in [2.24, 2.45) is 16.6 Å². The Morgan fingerprint density at radius 3 is 2.96 bits per heavy atom. The van der Waals surface area contributed by atoms with Crippen molar-refractivity contribution in [3.05, 3.63) is 51.2 Å². The van der Waals surface area contributed by atoms with Crippen LogP contribution in [0, 0.1) is 5.92 Å². The van der Waals surface area contributed by atoms with Crippen LogP contribution in [-0.4, -0.2) is 17.6 Å². The number of ether oxygens (including phenoxy) is 2. The summed E-state index contributed by atoms with van der Waals surface area (Å²) >= 11 is 9.61. The monoisotopic (exact) mass is 393 g/mol. The first-order valence-corrected chi connectivity index (χ1v) is 8.32. The third-order valence-corrected chi connectivity index (χ3v) is 5.01. The summed E-state index contributed by atoms with van der Waals surface area (Å²) in [6.07, 6.45) is 0. The molecule has 4 rings (SSSR count). The predicted molar refractivity (Wildman–Crippen MR) is 91.0 cm³/mol. The van der Waals surface area contributed by atoms with Crippen molar-refractivity contribution in [1.82, 2.24) is 4.98 Å². The van der Waals surface area contributed by atoms with Gasteiger partial charge in [-0.15, -0.1) is 0 Å². The number of aromatic nitrogens is 1. The first kappa shape index (κ1) is 14.8. The molecule has 2 aliphatic rings. The minimum Gasteiger partial charge on any atom is -0.454 e. The minimum atomic E-state index is -0.800. The molecule has 2 atom stereocenters. The molecule has 0 radical (unpaired) electrons. The summed E-state index contributed by atoms with van der Waals surface area (Å²) < 4.78 is 12.7. The van der Waals surface area contributed by atoms with Crippen molar-refractivity contribution in [3.8, 4) is 11.5 Å². The third-order valence-electron chi connectivity index (χ3n) is 4.28. The van der Waals surface area contributed by atoms with E-state index in [0.29, 0.717) is 27.8 Å². The molecule has 7 heteroatoms. The molecule has 23 heavy (non-hydrogen) atoms. The highest BCUT2D eigenvalue weighted by Crippen LogP contribution is 2.55. The maximum Gasteiger partial charge on any atom is 0.283 e. The molecular weight excluding hydrogens is 382 g/mol. The van der Waals surface area contributed by atoms with E-state index >= 15 is 0 Å². The fraction of sp³-hybridized carbons (Fsp3) is 0.250. The second kappa shape index (κ2) is 5.11. The molecular formula is C16H13BrClN3O2. The highest BCUT2D eigenvalue weighted by atomic mass is 79.9. The molecule has 0 aliphatic carbocycles. The number of nitrogens with zero attached hydrogens (tertiary/aromatic N) is 2. The second-order valence-electron chi connectivity index (χ2n) is 5.63. The van der Waals surface area contributed by atoms with E-state index in [1.165, 1.54) is 0 Å². The fourth-order valence-corrected chi connectivity index (χ4v) is 4.04. The lowest BCUT2D eigenvalue weighted by Crippen LogP contribution is -2.48. The molecule has 0 amide bonds. The summed E-state index contributed by atoms with van der Waals surface area (Å²) in [4.78, 5) is 8.44. The molecule has 1 spiro atoms. The van der Waals surface area contributed by atoms with E-state index in [-0.39, 0.29) is 11.9 Å². The highest BCUT2D eigenvalue weighted by Gasteiger charge is 2.51. The van der Waals surface area contributed by atoms with Gasteiger partial charge in [0.05, 0.1) is 6.54 Å². The molecule has 5 nitrogen and oxygen atoms in total. The normalized spacial score (nSPS) is 25.0. The van der Waals surface area contributed by atoms with Gasteiger partial charge in [-0.1, -0.05) is 36.7 Å². The van der Waals surface area contributed by atoms with Crippen LogP contribution in [0.2, 0.25) is 5.15 Å². The van der Waals surface area contributed by atoms with Crippen LogP contribution < -0.4 is 10.5 Å². The lowest BCUT2D eigenvalue weighted by atomic mass is 9.74. The SMILES string of the molecule is CC1CN=C(N)OC12c1ccccc1Oc1c2cc(Cl)nc1Br. The Kier molecular flexibility index (Phi) is 3.28. The Labute approximate surface area is 146 Å². The van der Waals surface area contributed by atoms with Gasteiger partial charge in [0.15, 0.2) is 16.0 Å². The van der Waals surface area contributed by atoms with Gasteiger partial charge in [0.2, 0.25) is 0 Å². The third kappa shape index (κ3) is 2.05. The molecule has 0 saturated carbocycles. The van der Waals surface area contributed by atoms with Crippen molar-refractivity contribution in [2.45, 2.75) is 12.5 Å². The summed E-state index contributed by atoms with van der Waals surface area (Å²) in [6.45, 7) is 2.63. The lowest BCUT2D eigenvalue weighted by Gasteiger charge is -2.45. The number of halogens is 2. The van der Waals surface area contributed by atoms with Crippen molar-refractivity contribution in [1.29, 1.82) is 0 Å². The van der Waals surface area contributed by atoms with Gasteiger partial charge in [0.1, 0.15) is 10.9 Å². The van der Waals surface area contributed by atoms with Gasteiger partial charge in [-0.25, -0.2) is 9.98 Å². The standard InChI is InChI=1S/C16H13BrClN3O2/c1-8-7-20-15(19)23-16(8)9-4-2-3-5-11(9)22-13-10(16)6-12(18)21-14(13)17/h2-6,8H,7H2,1H3,(H2,19,20). The van der Waals surface area contributed by atoms with Crippen molar-refractivity contribution in [3.63, 3.8) is 0 Å². The van der Waals surface area contributed by atoms with E-state index in [9.17, 15) is 0 Å². The number of para-hydroxylation sites is 1. The Bertz CT molecular complexity index is 842. The van der Waals surface area contributed by atoms with Crippen molar-refractivity contribution < 1.29 is 9.47 Å². The molecule has 0 saturated heterocycles. The number of nitrogens with two attached hydrogens (primary N) is 1. The number of hydrogen-bond donors (Lipinski definition) is 1. The van der Waals surface area contributed by atoms with Crippen LogP contribution >= 0.6 is 27.5 Å². The molecule has 2 unspecified atom stereocenters. The highest BCUT2D eigenvalue weighted by molar-refractivity contribution is 9.10. The summed E-state index contributed by atoms with van der Waals surface area (Å²) in [6, 6.07) is 9.68. The van der Waals surface area contributed by atoms with Crippen molar-refractivity contribution in [2.75, 3.05) is 6.54 Å². The minimum absolute atomic E-state index is 0.0453. The molecule has 118 valence electrons. The summed E-state index contributed by atoms with van der Waals surface area (Å²) in [7, 11) is 0. The van der Waals surface area contributed by atoms with Crippen LogP contribution in [0.4, 0.5) is 0 Å². The lowest BCUT2D eigenvalue weighted by molar-refractivity contribution is 0.0178. The Morgan fingerprint density at radius 1 is 1.35 bits per heavy atom. The number of fused-ring (bicyclic) bond motifs is 4. The van der Waals surface area contributed by atoms with Gasteiger partial charge in [-0.3, -0.25) is 0 Å². The van der Waals surface area contributed by atoms with Gasteiger partial charge in [-0.05, 0) is 28.1 Å². The first-order valence-electron chi connectivity index (χ1n) is 7.15. The van der Waals surface area contributed by atoms with Crippen LogP contribution in [0.15, 0.2) is 39.9 Å². The molecule has 2 aliphatic heterocycles. The van der Waals surface area contributed by atoms with Gasteiger partial charge >= 0.3 is 0 Å². The molecule has 3 heterocycles. The van der Waals surface area contributed by atoms with E-state index in [4.69, 9.17) is 26.8 Å². The molecule has 0 bridgehead atoms. The van der Waals surface area contributed by atoms with Crippen molar-refractivity contribution >= 4 is 33.6 Å². The molecule has 2 N–H and O–H groups in total. The number of hydrogen-bond acceptors (Lipinski definition) is 5. The van der Waals surface area contributed by atoms with E-state index in [1.54, 1.807) is 6.07 Å². The quantitative estimate of drug-likeness (QED) is 0.690. The van der Waals surface area contributed by atoms with Gasteiger partial charge in [0, 0.05) is 17.0 Å². The maximum absolute atomic E-state index is 6.18. The van der Waals surface area contributed by atoms with Gasteiger partial charge in [0.25, 0.3) is 6.02 Å². The largest absolute Gasteiger partial charge is 0.454 e. The first-order chi connectivity index (χ1) is 11.0. The smallest absolute Gasteiger partial charge is 0.283 e. The van der Waals surface area contributed by atoms with Crippen LogP contribution in [0.5, 0.6) is 11.5 Å². The van der Waals surface area contributed by atoms with Crippen LogP contribution in [-0.2, 0) is 10.3 Å². The number of amidine groups is 1.